The predicted molar refractivity (Wildman–Crippen MR) is 95.3 cm³/mol. The highest BCUT2D eigenvalue weighted by Crippen LogP contribution is 2.32. The molecular weight excluding hydrogens is 327 g/mol. The van der Waals surface area contributed by atoms with E-state index in [-0.39, 0.29) is 0 Å². The van der Waals surface area contributed by atoms with Crippen molar-refractivity contribution < 1.29 is 17.6 Å². The first-order chi connectivity index (χ1) is 11.9. The number of hydrogen-bond donors (Lipinski definition) is 0. The van der Waals surface area contributed by atoms with E-state index in [1.165, 1.54) is 17.9 Å². The smallest absolute Gasteiger partial charge is 0.416 e. The second kappa shape index (κ2) is 8.10. The number of benzene rings is 1. The molecule has 0 fully saturated rings. The molecule has 0 unspecified atom stereocenters. The van der Waals surface area contributed by atoms with Gasteiger partial charge in [0.1, 0.15) is 5.76 Å². The van der Waals surface area contributed by atoms with E-state index in [9.17, 15) is 13.2 Å². The molecule has 134 valence electrons. The van der Waals surface area contributed by atoms with Crippen LogP contribution in [0.3, 0.4) is 0 Å². The number of halogens is 3. The second-order valence-electron chi connectivity index (χ2n) is 5.65. The van der Waals surface area contributed by atoms with Crippen LogP contribution in [0.4, 0.5) is 18.9 Å². The van der Waals surface area contributed by atoms with Crippen molar-refractivity contribution in [3.05, 3.63) is 71.7 Å². The molecule has 0 aliphatic rings. The monoisotopic (exact) mass is 349 g/mol. The number of nitrogens with zero attached hydrogens (tertiary/aromatic N) is 1. The van der Waals surface area contributed by atoms with Crippen LogP contribution in [0.25, 0.3) is 5.70 Å². The fourth-order valence-electron chi connectivity index (χ4n) is 2.48. The fourth-order valence-corrected chi connectivity index (χ4v) is 2.48. The van der Waals surface area contributed by atoms with Gasteiger partial charge in [-0.3, -0.25) is 0 Å². The number of furan rings is 1. The second-order valence-corrected chi connectivity index (χ2v) is 5.65. The third kappa shape index (κ3) is 4.78. The minimum Gasteiger partial charge on any atom is -0.463 e. The first-order valence-corrected chi connectivity index (χ1v) is 8.22. The van der Waals surface area contributed by atoms with Crippen LogP contribution in [0.15, 0.2) is 64.8 Å². The Morgan fingerprint density at radius 1 is 1.12 bits per heavy atom. The van der Waals surface area contributed by atoms with Gasteiger partial charge in [0, 0.05) is 12.7 Å². The fraction of sp³-hybridized carbons (Fsp3) is 0.300. The number of hydrogen-bond acceptors (Lipinski definition) is 2. The predicted octanol–water partition coefficient (Wildman–Crippen LogP) is 6.22. The van der Waals surface area contributed by atoms with Gasteiger partial charge in [-0.1, -0.05) is 32.1 Å². The molecule has 0 saturated heterocycles. The molecule has 0 atom stereocenters. The average Bonchev–Trinajstić information content (AvgIpc) is 3.11. The number of rotatable bonds is 6. The minimum atomic E-state index is -4.42. The molecule has 0 aliphatic carbocycles. The third-order valence-corrected chi connectivity index (χ3v) is 3.91. The largest absolute Gasteiger partial charge is 0.463 e. The van der Waals surface area contributed by atoms with Gasteiger partial charge in [-0.15, -0.1) is 0 Å². The van der Waals surface area contributed by atoms with Crippen LogP contribution in [0.5, 0.6) is 0 Å². The molecule has 5 heteroatoms. The Morgan fingerprint density at radius 2 is 1.80 bits per heavy atom. The van der Waals surface area contributed by atoms with Crippen LogP contribution in [0.2, 0.25) is 0 Å². The summed E-state index contributed by atoms with van der Waals surface area (Å²) in [6.45, 7) is 3.73. The van der Waals surface area contributed by atoms with E-state index in [4.69, 9.17) is 4.42 Å². The first kappa shape index (κ1) is 18.9. The Hall–Kier alpha value is -2.43. The molecule has 2 aromatic rings. The maximum Gasteiger partial charge on any atom is 0.416 e. The lowest BCUT2D eigenvalue weighted by Gasteiger charge is -2.23. The maximum absolute atomic E-state index is 13.3. The average molecular weight is 349 g/mol. The molecular formula is C20H22F3NO. The summed E-state index contributed by atoms with van der Waals surface area (Å²) < 4.78 is 45.3. The molecule has 1 aromatic heterocycles. The lowest BCUT2D eigenvalue weighted by atomic mass is 10.1. The summed E-state index contributed by atoms with van der Waals surface area (Å²) in [4.78, 5) is 1.70. The Balaban J connectivity index is 2.49. The molecule has 25 heavy (non-hydrogen) atoms. The van der Waals surface area contributed by atoms with Gasteiger partial charge in [0.15, 0.2) is 0 Å². The summed E-state index contributed by atoms with van der Waals surface area (Å²) in [5, 5.41) is 0. The van der Waals surface area contributed by atoms with Crippen LogP contribution in [0, 0.1) is 0 Å². The Kier molecular flexibility index (Phi) is 6.12. The van der Waals surface area contributed by atoms with E-state index in [1.807, 2.05) is 24.3 Å². The molecule has 0 N–H and O–H groups in total. The molecule has 2 rings (SSSR count). The number of alkyl halides is 3. The number of aryl methyl sites for hydroxylation is 1. The van der Waals surface area contributed by atoms with Gasteiger partial charge in [-0.05, 0) is 48.7 Å². The van der Waals surface area contributed by atoms with Crippen molar-refractivity contribution in [3.63, 3.8) is 0 Å². The maximum atomic E-state index is 13.3. The summed E-state index contributed by atoms with van der Waals surface area (Å²) >= 11 is 0. The first-order valence-electron chi connectivity index (χ1n) is 8.22. The Morgan fingerprint density at radius 3 is 2.28 bits per heavy atom. The summed E-state index contributed by atoms with van der Waals surface area (Å²) in [6.07, 6.45) is 0.551. The highest BCUT2D eigenvalue weighted by Gasteiger charge is 2.32. The van der Waals surface area contributed by atoms with Gasteiger partial charge in [-0.2, -0.15) is 13.2 Å². The molecule has 0 bridgehead atoms. The van der Waals surface area contributed by atoms with E-state index in [1.54, 1.807) is 31.0 Å². The zero-order chi connectivity index (χ0) is 18.4. The van der Waals surface area contributed by atoms with Crippen molar-refractivity contribution in [1.29, 1.82) is 0 Å². The standard InChI is InChI=1S/C20H22F3NO/c1-4-7-16(20(21,22)23)14-18(19-8-6-13-25-19)24(3)17-11-9-15(5-2)10-12-17/h6-14H,4-5H2,1-3H3/b16-7-,18-14-. The topological polar surface area (TPSA) is 16.4 Å². The van der Waals surface area contributed by atoms with Gasteiger partial charge in [0.25, 0.3) is 0 Å². The Labute approximate surface area is 146 Å². The quantitative estimate of drug-likeness (QED) is 0.576. The van der Waals surface area contributed by atoms with Gasteiger partial charge < -0.3 is 9.32 Å². The summed E-state index contributed by atoms with van der Waals surface area (Å²) in [6, 6.07) is 11.0. The van der Waals surface area contributed by atoms with Crippen molar-refractivity contribution in [3.8, 4) is 0 Å². The van der Waals surface area contributed by atoms with Crippen LogP contribution in [-0.2, 0) is 6.42 Å². The van der Waals surface area contributed by atoms with Crippen LogP contribution in [-0.4, -0.2) is 13.2 Å². The third-order valence-electron chi connectivity index (χ3n) is 3.91. The Bertz CT molecular complexity index is 725. The van der Waals surface area contributed by atoms with E-state index < -0.39 is 11.7 Å². The highest BCUT2D eigenvalue weighted by molar-refractivity contribution is 5.78. The molecule has 0 aliphatic heterocycles. The molecule has 1 heterocycles. The van der Waals surface area contributed by atoms with Crippen LogP contribution >= 0.6 is 0 Å². The van der Waals surface area contributed by atoms with E-state index >= 15 is 0 Å². The lowest BCUT2D eigenvalue weighted by molar-refractivity contribution is -0.0883. The minimum absolute atomic E-state index is 0.297. The van der Waals surface area contributed by atoms with Gasteiger partial charge >= 0.3 is 6.18 Å². The van der Waals surface area contributed by atoms with E-state index in [0.29, 0.717) is 17.9 Å². The molecule has 1 aromatic carbocycles. The van der Waals surface area contributed by atoms with Crippen molar-refractivity contribution in [2.75, 3.05) is 11.9 Å². The van der Waals surface area contributed by atoms with Crippen LogP contribution < -0.4 is 4.90 Å². The zero-order valence-corrected chi connectivity index (χ0v) is 14.6. The molecule has 0 amide bonds. The van der Waals surface area contributed by atoms with E-state index in [2.05, 4.69) is 6.92 Å². The molecule has 0 saturated carbocycles. The van der Waals surface area contributed by atoms with Gasteiger partial charge in [0.05, 0.1) is 17.5 Å². The van der Waals surface area contributed by atoms with Gasteiger partial charge in [0.2, 0.25) is 0 Å². The van der Waals surface area contributed by atoms with Crippen LogP contribution in [0.1, 0.15) is 31.6 Å². The number of allylic oxidation sites excluding steroid dienone is 3. The lowest BCUT2D eigenvalue weighted by Crippen LogP contribution is -2.18. The van der Waals surface area contributed by atoms with Crippen molar-refractivity contribution >= 4 is 11.4 Å². The zero-order valence-electron chi connectivity index (χ0n) is 14.6. The number of anilines is 1. The summed E-state index contributed by atoms with van der Waals surface area (Å²) in [5.41, 5.74) is 1.63. The molecule has 0 radical (unpaired) electrons. The normalized spacial score (nSPS) is 13.2. The van der Waals surface area contributed by atoms with E-state index in [0.717, 1.165) is 18.2 Å². The molecule has 2 nitrogen and oxygen atoms in total. The van der Waals surface area contributed by atoms with Crippen molar-refractivity contribution in [2.45, 2.75) is 32.9 Å². The van der Waals surface area contributed by atoms with Gasteiger partial charge in [-0.25, -0.2) is 0 Å². The SMILES string of the molecule is CC/C=C(/C=C(/c1ccco1)N(C)c1ccc(CC)cc1)C(F)(F)F. The van der Waals surface area contributed by atoms with Crippen molar-refractivity contribution in [1.82, 2.24) is 0 Å². The highest BCUT2D eigenvalue weighted by atomic mass is 19.4. The van der Waals surface area contributed by atoms with Crippen molar-refractivity contribution in [2.24, 2.45) is 0 Å². The summed E-state index contributed by atoms with van der Waals surface area (Å²) in [7, 11) is 1.73. The summed E-state index contributed by atoms with van der Waals surface area (Å²) in [5.74, 6) is 0.383. The molecule has 0 spiro atoms.